The van der Waals surface area contributed by atoms with Crippen molar-refractivity contribution in [2.24, 2.45) is 5.92 Å². The molecule has 3 heteroatoms. The number of aliphatic hydroxyl groups is 1. The number of aliphatic hydroxyl groups excluding tert-OH is 1. The van der Waals surface area contributed by atoms with E-state index < -0.39 is 0 Å². The van der Waals surface area contributed by atoms with Gasteiger partial charge in [-0.3, -0.25) is 4.90 Å². The molecule has 3 rings (SSSR count). The molecule has 2 saturated heterocycles. The Balaban J connectivity index is 1.44. The molecule has 3 aliphatic rings. The van der Waals surface area contributed by atoms with Gasteiger partial charge in [0.05, 0.1) is 6.10 Å². The fourth-order valence-corrected chi connectivity index (χ4v) is 3.67. The molecule has 0 aromatic rings. The minimum Gasteiger partial charge on any atom is -0.393 e. The molecule has 0 bridgehead atoms. The van der Waals surface area contributed by atoms with Crippen molar-refractivity contribution >= 4 is 0 Å². The van der Waals surface area contributed by atoms with Crippen LogP contribution in [0.2, 0.25) is 0 Å². The number of piperidine rings is 1. The number of hydrogen-bond donors (Lipinski definition) is 2. The molecular weight excluding hydrogens is 200 g/mol. The van der Waals surface area contributed by atoms with Crippen molar-refractivity contribution in [3.05, 3.63) is 0 Å². The van der Waals surface area contributed by atoms with Gasteiger partial charge in [-0.1, -0.05) is 6.42 Å². The van der Waals surface area contributed by atoms with Crippen molar-refractivity contribution in [3.63, 3.8) is 0 Å². The quantitative estimate of drug-likeness (QED) is 0.750. The summed E-state index contributed by atoms with van der Waals surface area (Å²) in [5, 5.41) is 13.0. The molecule has 2 atom stereocenters. The fraction of sp³-hybridized carbons (Fsp3) is 1.00. The molecule has 2 unspecified atom stereocenters. The lowest BCUT2D eigenvalue weighted by molar-refractivity contribution is 0.0408. The van der Waals surface area contributed by atoms with Gasteiger partial charge in [0.2, 0.25) is 0 Å². The molecule has 0 amide bonds. The Morgan fingerprint density at radius 3 is 2.81 bits per heavy atom. The summed E-state index contributed by atoms with van der Waals surface area (Å²) in [5.74, 6) is 0.743. The van der Waals surface area contributed by atoms with Crippen molar-refractivity contribution in [3.8, 4) is 0 Å². The third-order valence-corrected chi connectivity index (χ3v) is 4.74. The normalized spacial score (nSPS) is 44.1. The Bertz CT molecular complexity index is 240. The molecule has 1 aliphatic carbocycles. The van der Waals surface area contributed by atoms with Crippen LogP contribution < -0.4 is 5.32 Å². The first kappa shape index (κ1) is 11.0. The number of hydrogen-bond acceptors (Lipinski definition) is 3. The summed E-state index contributed by atoms with van der Waals surface area (Å²) in [7, 11) is 0. The van der Waals surface area contributed by atoms with E-state index in [9.17, 15) is 5.11 Å². The second kappa shape index (κ2) is 4.63. The highest BCUT2D eigenvalue weighted by atomic mass is 16.3. The van der Waals surface area contributed by atoms with Gasteiger partial charge >= 0.3 is 0 Å². The van der Waals surface area contributed by atoms with Gasteiger partial charge in [0.1, 0.15) is 0 Å². The molecule has 92 valence electrons. The monoisotopic (exact) mass is 224 g/mol. The van der Waals surface area contributed by atoms with E-state index in [-0.39, 0.29) is 6.10 Å². The van der Waals surface area contributed by atoms with Crippen molar-refractivity contribution in [1.29, 1.82) is 0 Å². The van der Waals surface area contributed by atoms with Gasteiger partial charge in [0.25, 0.3) is 0 Å². The Labute approximate surface area is 98.2 Å². The maximum absolute atomic E-state index is 9.26. The summed E-state index contributed by atoms with van der Waals surface area (Å²) in [5.41, 5.74) is 0. The Morgan fingerprint density at radius 2 is 2.00 bits per heavy atom. The number of fused-ring (bicyclic) bond motifs is 1. The van der Waals surface area contributed by atoms with Crippen LogP contribution in [0.15, 0.2) is 0 Å². The second-order valence-corrected chi connectivity index (χ2v) is 5.89. The summed E-state index contributed by atoms with van der Waals surface area (Å²) >= 11 is 0. The van der Waals surface area contributed by atoms with Gasteiger partial charge in [-0.25, -0.2) is 0 Å². The molecule has 2 N–H and O–H groups in total. The molecular formula is C13H24N2O. The van der Waals surface area contributed by atoms with Crippen molar-refractivity contribution in [2.75, 3.05) is 19.6 Å². The van der Waals surface area contributed by atoms with Crippen LogP contribution in [0.25, 0.3) is 0 Å². The van der Waals surface area contributed by atoms with E-state index in [1.165, 1.54) is 38.8 Å². The highest BCUT2D eigenvalue weighted by Crippen LogP contribution is 2.29. The summed E-state index contributed by atoms with van der Waals surface area (Å²) in [6.45, 7) is 3.76. The van der Waals surface area contributed by atoms with Crippen LogP contribution in [0.4, 0.5) is 0 Å². The van der Waals surface area contributed by atoms with Gasteiger partial charge in [-0.05, 0) is 51.1 Å². The third-order valence-electron chi connectivity index (χ3n) is 4.74. The molecule has 0 aromatic heterocycles. The zero-order chi connectivity index (χ0) is 11.0. The zero-order valence-electron chi connectivity index (χ0n) is 10.1. The Kier molecular flexibility index (Phi) is 3.18. The predicted octanol–water partition coefficient (Wildman–Crippen LogP) is 0.974. The number of nitrogens with zero attached hydrogens (tertiary/aromatic N) is 1. The number of rotatable bonds is 3. The van der Waals surface area contributed by atoms with Crippen LogP contribution in [0.5, 0.6) is 0 Å². The van der Waals surface area contributed by atoms with Crippen LogP contribution in [-0.4, -0.2) is 47.8 Å². The molecule has 0 aromatic carbocycles. The first-order chi connectivity index (χ1) is 7.83. The minimum atomic E-state index is 0.00144. The Hall–Kier alpha value is -0.120. The standard InChI is InChI=1S/C13H24N2O/c16-11-7-10(8-11)9-14-12-4-6-15-5-2-1-3-13(12)15/h10-14,16H,1-9H2. The minimum absolute atomic E-state index is 0.00144. The maximum Gasteiger partial charge on any atom is 0.0546 e. The molecule has 16 heavy (non-hydrogen) atoms. The SMILES string of the molecule is OC1CC(CNC2CCN3CCCCC23)C1. The molecule has 2 aliphatic heterocycles. The van der Waals surface area contributed by atoms with Crippen LogP contribution in [0.3, 0.4) is 0 Å². The third kappa shape index (κ3) is 2.13. The zero-order valence-corrected chi connectivity index (χ0v) is 10.1. The summed E-state index contributed by atoms with van der Waals surface area (Å²) < 4.78 is 0. The van der Waals surface area contributed by atoms with Crippen molar-refractivity contribution in [2.45, 2.75) is 56.7 Å². The average Bonchev–Trinajstić information content (AvgIpc) is 2.66. The van der Waals surface area contributed by atoms with E-state index in [1.807, 2.05) is 0 Å². The van der Waals surface area contributed by atoms with Gasteiger partial charge in [0.15, 0.2) is 0 Å². The van der Waals surface area contributed by atoms with Gasteiger partial charge < -0.3 is 10.4 Å². The Morgan fingerprint density at radius 1 is 1.12 bits per heavy atom. The fourth-order valence-electron chi connectivity index (χ4n) is 3.67. The van der Waals surface area contributed by atoms with Crippen LogP contribution in [0, 0.1) is 5.92 Å². The van der Waals surface area contributed by atoms with E-state index in [0.717, 1.165) is 37.4 Å². The van der Waals surface area contributed by atoms with E-state index >= 15 is 0 Å². The summed E-state index contributed by atoms with van der Waals surface area (Å²) in [6.07, 6.45) is 7.59. The smallest absolute Gasteiger partial charge is 0.0546 e. The van der Waals surface area contributed by atoms with E-state index in [1.54, 1.807) is 0 Å². The molecule has 0 radical (unpaired) electrons. The average molecular weight is 224 g/mol. The molecule has 3 fully saturated rings. The van der Waals surface area contributed by atoms with Crippen molar-refractivity contribution < 1.29 is 5.11 Å². The lowest BCUT2D eigenvalue weighted by Crippen LogP contribution is -2.47. The van der Waals surface area contributed by atoms with E-state index in [2.05, 4.69) is 10.2 Å². The summed E-state index contributed by atoms with van der Waals surface area (Å²) in [4.78, 5) is 2.68. The summed E-state index contributed by atoms with van der Waals surface area (Å²) in [6, 6.07) is 1.55. The van der Waals surface area contributed by atoms with Crippen LogP contribution in [-0.2, 0) is 0 Å². The second-order valence-electron chi connectivity index (χ2n) is 5.89. The topological polar surface area (TPSA) is 35.5 Å². The van der Waals surface area contributed by atoms with Crippen molar-refractivity contribution in [1.82, 2.24) is 10.2 Å². The van der Waals surface area contributed by atoms with Crippen LogP contribution >= 0.6 is 0 Å². The lowest BCUT2D eigenvalue weighted by atomic mass is 9.82. The largest absolute Gasteiger partial charge is 0.393 e. The first-order valence-electron chi connectivity index (χ1n) is 6.98. The highest BCUT2D eigenvalue weighted by molar-refractivity contribution is 4.94. The van der Waals surface area contributed by atoms with Gasteiger partial charge in [-0.2, -0.15) is 0 Å². The maximum atomic E-state index is 9.26. The van der Waals surface area contributed by atoms with Gasteiger partial charge in [-0.15, -0.1) is 0 Å². The molecule has 0 spiro atoms. The lowest BCUT2D eigenvalue weighted by Gasteiger charge is -2.35. The van der Waals surface area contributed by atoms with E-state index in [4.69, 9.17) is 0 Å². The molecule has 2 heterocycles. The predicted molar refractivity (Wildman–Crippen MR) is 64.4 cm³/mol. The van der Waals surface area contributed by atoms with Gasteiger partial charge in [0, 0.05) is 18.6 Å². The molecule has 3 nitrogen and oxygen atoms in total. The number of nitrogens with one attached hydrogen (secondary N) is 1. The molecule has 1 saturated carbocycles. The highest BCUT2D eigenvalue weighted by Gasteiger charge is 2.36. The van der Waals surface area contributed by atoms with Crippen LogP contribution in [0.1, 0.15) is 38.5 Å². The van der Waals surface area contributed by atoms with E-state index in [0.29, 0.717) is 0 Å². The first-order valence-corrected chi connectivity index (χ1v) is 6.98.